The Morgan fingerprint density at radius 2 is 1.92 bits per heavy atom. The molecule has 1 aromatic carbocycles. The molecule has 2 saturated carbocycles. The molecule has 0 aromatic heterocycles. The molecule has 0 spiro atoms. The van der Waals surface area contributed by atoms with Crippen LogP contribution < -0.4 is 0 Å². The summed E-state index contributed by atoms with van der Waals surface area (Å²) < 4.78 is 13.6. The van der Waals surface area contributed by atoms with E-state index in [0.29, 0.717) is 37.1 Å². The Balaban J connectivity index is 1.58. The summed E-state index contributed by atoms with van der Waals surface area (Å²) in [5.74, 6) is 1.09. The molecule has 26 heavy (non-hydrogen) atoms. The number of benzene rings is 1. The van der Waals surface area contributed by atoms with Gasteiger partial charge in [-0.05, 0) is 60.8 Å². The van der Waals surface area contributed by atoms with Crippen molar-refractivity contribution in [2.24, 2.45) is 17.8 Å². The lowest BCUT2D eigenvalue weighted by Gasteiger charge is -2.59. The molecule has 1 heterocycles. The van der Waals surface area contributed by atoms with Crippen LogP contribution in [0.5, 0.6) is 0 Å². The molecule has 138 valence electrons. The van der Waals surface area contributed by atoms with Gasteiger partial charge in [-0.3, -0.25) is 4.79 Å². The Kier molecular flexibility index (Phi) is 3.48. The van der Waals surface area contributed by atoms with Crippen LogP contribution in [-0.2, 0) is 10.2 Å². The lowest BCUT2D eigenvalue weighted by Crippen LogP contribution is -2.59. The van der Waals surface area contributed by atoms with Crippen LogP contribution in [0.2, 0.25) is 0 Å². The fraction of sp³-hybridized carbons (Fsp3) is 0.571. The van der Waals surface area contributed by atoms with Gasteiger partial charge in [0.1, 0.15) is 5.82 Å². The molecule has 4 atom stereocenters. The van der Waals surface area contributed by atoms with Crippen molar-refractivity contribution in [2.75, 3.05) is 13.1 Å². The van der Waals surface area contributed by atoms with Gasteiger partial charge in [-0.2, -0.15) is 0 Å². The first-order valence-corrected chi connectivity index (χ1v) is 9.60. The summed E-state index contributed by atoms with van der Waals surface area (Å²) in [5.41, 5.74) is 1.68. The number of rotatable bonds is 3. The third kappa shape index (κ3) is 2.19. The summed E-state index contributed by atoms with van der Waals surface area (Å²) in [6, 6.07) is 6.52. The largest absolute Gasteiger partial charge is 0.512 e. The fourth-order valence-electron chi connectivity index (χ4n) is 6.10. The Hall–Kier alpha value is -1.88. The van der Waals surface area contributed by atoms with Crippen LogP contribution in [-0.4, -0.2) is 40.2 Å². The molecule has 1 aliphatic heterocycles. The van der Waals surface area contributed by atoms with E-state index >= 15 is 0 Å². The molecule has 4 bridgehead atoms. The van der Waals surface area contributed by atoms with Gasteiger partial charge < -0.3 is 15.1 Å². The maximum Gasteiger partial charge on any atom is 0.223 e. The van der Waals surface area contributed by atoms with Crippen molar-refractivity contribution in [3.05, 3.63) is 47.0 Å². The minimum Gasteiger partial charge on any atom is -0.512 e. The van der Waals surface area contributed by atoms with Gasteiger partial charge in [-0.1, -0.05) is 12.1 Å². The molecule has 2 N–H and O–H groups in total. The van der Waals surface area contributed by atoms with E-state index in [9.17, 15) is 19.4 Å². The number of aliphatic hydroxyl groups is 2. The average Bonchev–Trinajstić information content (AvgIpc) is 2.59. The van der Waals surface area contributed by atoms with Crippen LogP contribution in [0.4, 0.5) is 4.39 Å². The van der Waals surface area contributed by atoms with Crippen molar-refractivity contribution < 1.29 is 19.4 Å². The molecule has 3 unspecified atom stereocenters. The van der Waals surface area contributed by atoms with E-state index in [4.69, 9.17) is 0 Å². The molecule has 5 aliphatic rings. The number of amides is 1. The zero-order valence-electron chi connectivity index (χ0n) is 14.7. The maximum absolute atomic E-state index is 13.6. The standard InChI is InChI=1S/C21H24FNO3/c22-16-3-1-14(2-4-16)21(9-19(25)23-10-17(24)11-23)15-6-12-5-13(8-15)20(26)18(21)7-12/h1-4,12,15,17-18,24,26H,5-11H2/t12?,15?,18?,21-/m1/s1. The van der Waals surface area contributed by atoms with Gasteiger partial charge in [-0.15, -0.1) is 0 Å². The quantitative estimate of drug-likeness (QED) is 0.874. The van der Waals surface area contributed by atoms with Crippen molar-refractivity contribution in [2.45, 2.75) is 43.6 Å². The number of hydrogen-bond donors (Lipinski definition) is 2. The molecule has 3 fully saturated rings. The number of likely N-dealkylation sites (tertiary alicyclic amines) is 1. The average molecular weight is 357 g/mol. The molecular formula is C21H24FNO3. The molecule has 1 saturated heterocycles. The van der Waals surface area contributed by atoms with E-state index in [1.807, 2.05) is 0 Å². The Morgan fingerprint density at radius 3 is 2.62 bits per heavy atom. The van der Waals surface area contributed by atoms with E-state index in [1.165, 1.54) is 17.7 Å². The zero-order chi connectivity index (χ0) is 18.1. The number of allylic oxidation sites excluding steroid dienone is 2. The molecule has 4 aliphatic carbocycles. The highest BCUT2D eigenvalue weighted by Gasteiger charge is 2.59. The lowest BCUT2D eigenvalue weighted by atomic mass is 9.45. The van der Waals surface area contributed by atoms with Gasteiger partial charge in [0.2, 0.25) is 5.91 Å². The maximum atomic E-state index is 13.6. The smallest absolute Gasteiger partial charge is 0.223 e. The van der Waals surface area contributed by atoms with Gasteiger partial charge in [0.25, 0.3) is 0 Å². The Morgan fingerprint density at radius 1 is 1.19 bits per heavy atom. The molecule has 4 nitrogen and oxygen atoms in total. The topological polar surface area (TPSA) is 60.8 Å². The number of hydrogen-bond acceptors (Lipinski definition) is 3. The Bertz CT molecular complexity index is 783. The van der Waals surface area contributed by atoms with Gasteiger partial charge in [-0.25, -0.2) is 4.39 Å². The Labute approximate surface area is 152 Å². The summed E-state index contributed by atoms with van der Waals surface area (Å²) in [6.45, 7) is 0.784. The third-order valence-electron chi connectivity index (χ3n) is 7.30. The highest BCUT2D eigenvalue weighted by molar-refractivity contribution is 5.79. The lowest BCUT2D eigenvalue weighted by molar-refractivity contribution is -0.145. The first-order chi connectivity index (χ1) is 12.5. The van der Waals surface area contributed by atoms with E-state index < -0.39 is 11.5 Å². The van der Waals surface area contributed by atoms with E-state index in [0.717, 1.165) is 31.2 Å². The van der Waals surface area contributed by atoms with E-state index in [2.05, 4.69) is 0 Å². The monoisotopic (exact) mass is 357 g/mol. The minimum atomic E-state index is -0.462. The molecule has 5 heteroatoms. The van der Waals surface area contributed by atoms with Crippen molar-refractivity contribution in [3.63, 3.8) is 0 Å². The number of β-amino-alcohol motifs (C(OH)–C–C–N with tert-alkyl or cyclic N) is 1. The number of halogens is 1. The second kappa shape index (κ2) is 5.56. The van der Waals surface area contributed by atoms with Crippen LogP contribution in [0.15, 0.2) is 35.6 Å². The van der Waals surface area contributed by atoms with Crippen LogP contribution in [0.25, 0.3) is 0 Å². The summed E-state index contributed by atoms with van der Waals surface area (Å²) in [4.78, 5) is 14.7. The zero-order valence-corrected chi connectivity index (χ0v) is 14.7. The number of aliphatic hydroxyl groups excluding tert-OH is 2. The van der Waals surface area contributed by atoms with Crippen molar-refractivity contribution in [1.82, 2.24) is 4.90 Å². The van der Waals surface area contributed by atoms with Crippen molar-refractivity contribution >= 4 is 5.91 Å². The number of carbonyl (C=O) groups excluding carboxylic acids is 1. The SMILES string of the molecule is O=C(C[C@@]1(c2ccc(F)cc2)C2CC3=C(O)C1CC(C3)C2)N1CC(O)C1. The summed E-state index contributed by atoms with van der Waals surface area (Å²) in [6.07, 6.45) is 3.70. The minimum absolute atomic E-state index is 0.0323. The van der Waals surface area contributed by atoms with E-state index in [-0.39, 0.29) is 17.6 Å². The highest BCUT2D eigenvalue weighted by atomic mass is 19.1. The predicted octanol–water partition coefficient (Wildman–Crippen LogP) is 2.92. The number of nitrogens with zero attached hydrogens (tertiary/aromatic N) is 1. The van der Waals surface area contributed by atoms with Gasteiger partial charge >= 0.3 is 0 Å². The molecule has 0 radical (unpaired) electrons. The van der Waals surface area contributed by atoms with Gasteiger partial charge in [0.15, 0.2) is 0 Å². The molecule has 6 rings (SSSR count). The molecule has 1 aromatic rings. The second-order valence-electron chi connectivity index (χ2n) is 8.66. The first-order valence-electron chi connectivity index (χ1n) is 9.60. The van der Waals surface area contributed by atoms with E-state index in [1.54, 1.807) is 17.0 Å². The van der Waals surface area contributed by atoms with Crippen molar-refractivity contribution in [1.29, 1.82) is 0 Å². The second-order valence-corrected chi connectivity index (χ2v) is 8.66. The van der Waals surface area contributed by atoms with Crippen LogP contribution in [0, 0.1) is 23.6 Å². The molecular weight excluding hydrogens is 333 g/mol. The predicted molar refractivity (Wildman–Crippen MR) is 93.9 cm³/mol. The van der Waals surface area contributed by atoms with Crippen molar-refractivity contribution in [3.8, 4) is 0 Å². The fourth-order valence-corrected chi connectivity index (χ4v) is 6.10. The van der Waals surface area contributed by atoms with Gasteiger partial charge in [0.05, 0.1) is 11.9 Å². The summed E-state index contributed by atoms with van der Waals surface area (Å²) in [5, 5.41) is 20.4. The van der Waals surface area contributed by atoms with Crippen LogP contribution in [0.3, 0.4) is 0 Å². The highest BCUT2D eigenvalue weighted by Crippen LogP contribution is 2.63. The first kappa shape index (κ1) is 16.3. The van der Waals surface area contributed by atoms with Crippen LogP contribution in [0.1, 0.15) is 37.7 Å². The summed E-state index contributed by atoms with van der Waals surface area (Å²) >= 11 is 0. The number of carbonyl (C=O) groups is 1. The summed E-state index contributed by atoms with van der Waals surface area (Å²) in [7, 11) is 0. The third-order valence-corrected chi connectivity index (χ3v) is 7.30. The van der Waals surface area contributed by atoms with Crippen LogP contribution >= 0.6 is 0 Å². The van der Waals surface area contributed by atoms with Gasteiger partial charge in [0, 0.05) is 30.8 Å². The molecule has 1 amide bonds. The normalized spacial score (nSPS) is 35.8.